The predicted octanol–water partition coefficient (Wildman–Crippen LogP) is 2.49. The van der Waals surface area contributed by atoms with Gasteiger partial charge >= 0.3 is 0 Å². The molecule has 0 unspecified atom stereocenters. The monoisotopic (exact) mass is 223 g/mol. The summed E-state index contributed by atoms with van der Waals surface area (Å²) in [5.41, 5.74) is 2.08. The van der Waals surface area contributed by atoms with Crippen LogP contribution in [0.25, 0.3) is 5.65 Å². The zero-order valence-corrected chi connectivity index (χ0v) is 9.46. The van der Waals surface area contributed by atoms with Crippen molar-refractivity contribution in [2.24, 2.45) is 0 Å². The highest BCUT2D eigenvalue weighted by Crippen LogP contribution is 2.12. The van der Waals surface area contributed by atoms with Gasteiger partial charge in [-0.2, -0.15) is 0 Å². The highest BCUT2D eigenvalue weighted by Gasteiger charge is 2.02. The summed E-state index contributed by atoms with van der Waals surface area (Å²) in [7, 11) is 0. The number of fused-ring (bicyclic) bond motifs is 1. The molecular weight excluding hydrogens is 210 g/mol. The lowest BCUT2D eigenvalue weighted by atomic mass is 10.4. The van der Waals surface area contributed by atoms with Gasteiger partial charge in [0.2, 0.25) is 0 Å². The van der Waals surface area contributed by atoms with E-state index in [1.165, 1.54) is 0 Å². The van der Waals surface area contributed by atoms with Crippen LogP contribution in [0.3, 0.4) is 0 Å². The van der Waals surface area contributed by atoms with Crippen LogP contribution in [0.2, 0.25) is 5.02 Å². The molecule has 3 nitrogen and oxygen atoms in total. The molecule has 1 N–H and O–H groups in total. The number of pyridine rings is 1. The highest BCUT2D eigenvalue weighted by atomic mass is 35.5. The standard InChI is InChI=1S/C11H14ClN3/c1-2-5-13-6-10-7-14-11-4-3-9(12)8-15(10)11/h3-4,7-8,13H,2,5-6H2,1H3. The normalized spacial score (nSPS) is 11.1. The van der Waals surface area contributed by atoms with Gasteiger partial charge in [0.25, 0.3) is 0 Å². The number of aromatic nitrogens is 2. The van der Waals surface area contributed by atoms with Crippen LogP contribution in [-0.2, 0) is 6.54 Å². The van der Waals surface area contributed by atoms with Crippen molar-refractivity contribution in [2.45, 2.75) is 19.9 Å². The van der Waals surface area contributed by atoms with Crippen LogP contribution in [0.5, 0.6) is 0 Å². The molecular formula is C11H14ClN3. The van der Waals surface area contributed by atoms with E-state index in [1.807, 2.05) is 28.9 Å². The lowest BCUT2D eigenvalue weighted by molar-refractivity contribution is 0.661. The Bertz CT molecular complexity index is 450. The van der Waals surface area contributed by atoms with Crippen molar-refractivity contribution in [1.82, 2.24) is 14.7 Å². The Labute approximate surface area is 94.1 Å². The van der Waals surface area contributed by atoms with Crippen molar-refractivity contribution in [2.75, 3.05) is 6.54 Å². The molecule has 4 heteroatoms. The summed E-state index contributed by atoms with van der Waals surface area (Å²) in [5, 5.41) is 4.08. The Morgan fingerprint density at radius 1 is 1.47 bits per heavy atom. The molecule has 0 saturated carbocycles. The van der Waals surface area contributed by atoms with E-state index in [1.54, 1.807) is 0 Å². The van der Waals surface area contributed by atoms with Gasteiger partial charge in [-0.25, -0.2) is 4.98 Å². The molecule has 0 aliphatic heterocycles. The lowest BCUT2D eigenvalue weighted by Gasteiger charge is -2.03. The molecule has 0 aromatic carbocycles. The van der Waals surface area contributed by atoms with Gasteiger partial charge in [-0.05, 0) is 25.1 Å². The molecule has 0 spiro atoms. The molecule has 0 radical (unpaired) electrons. The number of hydrogen-bond donors (Lipinski definition) is 1. The molecule has 0 atom stereocenters. The average Bonchev–Trinajstić information content (AvgIpc) is 2.62. The fourth-order valence-electron chi connectivity index (χ4n) is 1.53. The van der Waals surface area contributed by atoms with E-state index in [-0.39, 0.29) is 0 Å². The van der Waals surface area contributed by atoms with E-state index >= 15 is 0 Å². The summed E-state index contributed by atoms with van der Waals surface area (Å²) < 4.78 is 2.02. The molecule has 0 aliphatic carbocycles. The van der Waals surface area contributed by atoms with E-state index in [0.717, 1.165) is 35.9 Å². The minimum Gasteiger partial charge on any atom is -0.311 e. The van der Waals surface area contributed by atoms with Crippen LogP contribution in [0.15, 0.2) is 24.5 Å². The minimum absolute atomic E-state index is 0.734. The molecule has 0 saturated heterocycles. The molecule has 0 fully saturated rings. The zero-order valence-electron chi connectivity index (χ0n) is 8.70. The van der Waals surface area contributed by atoms with Gasteiger partial charge in [-0.3, -0.25) is 0 Å². The third-order valence-corrected chi connectivity index (χ3v) is 2.50. The maximum atomic E-state index is 5.94. The van der Waals surface area contributed by atoms with Gasteiger partial charge in [0.15, 0.2) is 0 Å². The summed E-state index contributed by atoms with van der Waals surface area (Å²) >= 11 is 5.94. The maximum absolute atomic E-state index is 5.94. The molecule has 15 heavy (non-hydrogen) atoms. The first-order valence-corrected chi connectivity index (χ1v) is 5.51. The van der Waals surface area contributed by atoms with Gasteiger partial charge < -0.3 is 9.72 Å². The third kappa shape index (κ3) is 2.30. The second-order valence-corrected chi connectivity index (χ2v) is 3.94. The molecule has 0 amide bonds. The van der Waals surface area contributed by atoms with E-state index in [0.29, 0.717) is 0 Å². The summed E-state index contributed by atoms with van der Waals surface area (Å²) in [6.07, 6.45) is 4.92. The van der Waals surface area contributed by atoms with Crippen LogP contribution < -0.4 is 5.32 Å². The second kappa shape index (κ2) is 4.64. The highest BCUT2D eigenvalue weighted by molar-refractivity contribution is 6.30. The molecule has 0 bridgehead atoms. The summed E-state index contributed by atoms with van der Waals surface area (Å²) in [6, 6.07) is 3.78. The first kappa shape index (κ1) is 10.5. The summed E-state index contributed by atoms with van der Waals surface area (Å²) in [5.74, 6) is 0. The van der Waals surface area contributed by atoms with Crippen molar-refractivity contribution < 1.29 is 0 Å². The number of nitrogens with zero attached hydrogens (tertiary/aromatic N) is 2. The van der Waals surface area contributed by atoms with Crippen molar-refractivity contribution >= 4 is 17.2 Å². The molecule has 2 rings (SSSR count). The quantitative estimate of drug-likeness (QED) is 0.807. The Morgan fingerprint density at radius 3 is 3.13 bits per heavy atom. The second-order valence-electron chi connectivity index (χ2n) is 3.50. The Morgan fingerprint density at radius 2 is 2.33 bits per heavy atom. The first-order chi connectivity index (χ1) is 7.31. The van der Waals surface area contributed by atoms with Crippen LogP contribution in [-0.4, -0.2) is 15.9 Å². The van der Waals surface area contributed by atoms with Gasteiger partial charge in [0.1, 0.15) is 5.65 Å². The van der Waals surface area contributed by atoms with E-state index in [4.69, 9.17) is 11.6 Å². The number of hydrogen-bond acceptors (Lipinski definition) is 2. The third-order valence-electron chi connectivity index (χ3n) is 2.28. The van der Waals surface area contributed by atoms with E-state index in [9.17, 15) is 0 Å². The van der Waals surface area contributed by atoms with E-state index < -0.39 is 0 Å². The van der Waals surface area contributed by atoms with Crippen molar-refractivity contribution in [1.29, 1.82) is 0 Å². The van der Waals surface area contributed by atoms with Gasteiger partial charge in [0, 0.05) is 12.7 Å². The SMILES string of the molecule is CCCNCc1cnc2ccc(Cl)cn12. The fourth-order valence-corrected chi connectivity index (χ4v) is 1.69. The van der Waals surface area contributed by atoms with Crippen LogP contribution in [0.4, 0.5) is 0 Å². The average molecular weight is 224 g/mol. The lowest BCUT2D eigenvalue weighted by Crippen LogP contribution is -2.15. The maximum Gasteiger partial charge on any atom is 0.137 e. The van der Waals surface area contributed by atoms with Gasteiger partial charge in [-0.1, -0.05) is 18.5 Å². The Balaban J connectivity index is 2.23. The van der Waals surface area contributed by atoms with Gasteiger partial charge in [-0.15, -0.1) is 0 Å². The summed E-state index contributed by atoms with van der Waals surface area (Å²) in [6.45, 7) is 4.00. The zero-order chi connectivity index (χ0) is 10.7. The largest absolute Gasteiger partial charge is 0.311 e. The number of halogens is 1. The molecule has 2 heterocycles. The smallest absolute Gasteiger partial charge is 0.137 e. The molecule has 80 valence electrons. The first-order valence-electron chi connectivity index (χ1n) is 5.13. The molecule has 2 aromatic rings. The summed E-state index contributed by atoms with van der Waals surface area (Å²) in [4.78, 5) is 4.30. The van der Waals surface area contributed by atoms with Crippen LogP contribution in [0.1, 0.15) is 19.0 Å². The van der Waals surface area contributed by atoms with Crippen molar-refractivity contribution in [3.05, 3.63) is 35.2 Å². The molecule has 0 aliphatic rings. The van der Waals surface area contributed by atoms with E-state index in [2.05, 4.69) is 17.2 Å². The van der Waals surface area contributed by atoms with Crippen molar-refractivity contribution in [3.63, 3.8) is 0 Å². The number of imidazole rings is 1. The van der Waals surface area contributed by atoms with Crippen LogP contribution >= 0.6 is 11.6 Å². The number of nitrogens with one attached hydrogen (secondary N) is 1. The Hall–Kier alpha value is -1.06. The number of rotatable bonds is 4. The van der Waals surface area contributed by atoms with Gasteiger partial charge in [0.05, 0.1) is 16.9 Å². The van der Waals surface area contributed by atoms with Crippen molar-refractivity contribution in [3.8, 4) is 0 Å². The topological polar surface area (TPSA) is 29.3 Å². The Kier molecular flexibility index (Phi) is 3.23. The van der Waals surface area contributed by atoms with Crippen LogP contribution in [0, 0.1) is 0 Å². The minimum atomic E-state index is 0.734. The predicted molar refractivity (Wildman–Crippen MR) is 62.2 cm³/mol. The fraction of sp³-hybridized carbons (Fsp3) is 0.364. The molecule has 2 aromatic heterocycles.